The predicted molar refractivity (Wildman–Crippen MR) is 95.6 cm³/mol. The van der Waals surface area contributed by atoms with Crippen LogP contribution in [0.3, 0.4) is 0 Å². The summed E-state index contributed by atoms with van der Waals surface area (Å²) < 4.78 is 10.3. The Morgan fingerprint density at radius 3 is 2.60 bits per heavy atom. The zero-order valence-corrected chi connectivity index (χ0v) is 15.8. The molecule has 0 aromatic carbocycles. The molecule has 1 aliphatic heterocycles. The minimum Gasteiger partial charge on any atom is -0.428 e. The number of hydrogen-bond donors (Lipinski definition) is 0. The molecule has 3 rings (SSSR count). The van der Waals surface area contributed by atoms with Gasteiger partial charge in [-0.05, 0) is 36.7 Å². The number of rotatable bonds is 3. The number of fused-ring (bicyclic) bond motifs is 1. The Bertz CT molecular complexity index is 682. The van der Waals surface area contributed by atoms with E-state index in [-0.39, 0.29) is 34.4 Å². The van der Waals surface area contributed by atoms with E-state index in [0.717, 1.165) is 30.4 Å². The van der Waals surface area contributed by atoms with Crippen molar-refractivity contribution in [1.29, 1.82) is 0 Å². The van der Waals surface area contributed by atoms with Crippen LogP contribution in [0, 0.1) is 22.7 Å². The van der Waals surface area contributed by atoms with E-state index in [2.05, 4.69) is 26.8 Å². The van der Waals surface area contributed by atoms with Crippen LogP contribution in [-0.2, 0) is 19.1 Å². The Labute approximate surface area is 150 Å². The standard InChI is InChI=1S/C21H28O4/c1-13-11-16(22)18-20(2,3)9-6-10-21(18,4)15(13)8-7-14-12-17(23)25-19(14)24-5/h7-8,11-12,15,18-19H,6,9-10H2,1-5H3. The zero-order chi connectivity index (χ0) is 18.4. The van der Waals surface area contributed by atoms with E-state index in [1.807, 2.05) is 19.1 Å². The monoisotopic (exact) mass is 344 g/mol. The smallest absolute Gasteiger partial charge is 0.333 e. The van der Waals surface area contributed by atoms with Crippen molar-refractivity contribution in [1.82, 2.24) is 0 Å². The number of ether oxygens (including phenoxy) is 2. The van der Waals surface area contributed by atoms with Gasteiger partial charge in [0.2, 0.25) is 6.29 Å². The van der Waals surface area contributed by atoms with Crippen molar-refractivity contribution in [3.05, 3.63) is 35.5 Å². The van der Waals surface area contributed by atoms with Gasteiger partial charge in [-0.3, -0.25) is 4.79 Å². The summed E-state index contributed by atoms with van der Waals surface area (Å²) in [7, 11) is 1.52. The van der Waals surface area contributed by atoms with Gasteiger partial charge in [-0.1, -0.05) is 44.9 Å². The summed E-state index contributed by atoms with van der Waals surface area (Å²) in [6, 6.07) is 0. The normalized spacial score (nSPS) is 37.6. The Hall–Kier alpha value is -1.68. The number of esters is 1. The van der Waals surface area contributed by atoms with Gasteiger partial charge in [-0.15, -0.1) is 0 Å². The van der Waals surface area contributed by atoms with Crippen molar-refractivity contribution >= 4 is 11.8 Å². The summed E-state index contributed by atoms with van der Waals surface area (Å²) >= 11 is 0. The van der Waals surface area contributed by atoms with Crippen LogP contribution >= 0.6 is 0 Å². The molecule has 4 heteroatoms. The summed E-state index contributed by atoms with van der Waals surface area (Å²) in [5, 5.41) is 0. The van der Waals surface area contributed by atoms with Crippen LogP contribution in [0.4, 0.5) is 0 Å². The number of ketones is 1. The van der Waals surface area contributed by atoms with Gasteiger partial charge < -0.3 is 9.47 Å². The molecule has 4 unspecified atom stereocenters. The molecule has 0 amide bonds. The molecule has 0 spiro atoms. The highest BCUT2D eigenvalue weighted by Gasteiger charge is 2.54. The Morgan fingerprint density at radius 1 is 1.20 bits per heavy atom. The molecule has 0 aromatic rings. The number of methoxy groups -OCH3 is 1. The third kappa shape index (κ3) is 3.01. The maximum atomic E-state index is 12.8. The van der Waals surface area contributed by atoms with Crippen LogP contribution in [-0.4, -0.2) is 25.2 Å². The van der Waals surface area contributed by atoms with E-state index in [1.54, 1.807) is 0 Å². The number of cyclic esters (lactones) is 1. The maximum absolute atomic E-state index is 12.8. The highest BCUT2D eigenvalue weighted by Crippen LogP contribution is 2.58. The molecular formula is C21H28O4. The Morgan fingerprint density at radius 2 is 1.92 bits per heavy atom. The third-order valence-electron chi connectivity index (χ3n) is 6.31. The van der Waals surface area contributed by atoms with Gasteiger partial charge in [-0.2, -0.15) is 0 Å². The zero-order valence-electron chi connectivity index (χ0n) is 15.8. The van der Waals surface area contributed by atoms with Gasteiger partial charge in [0.1, 0.15) is 0 Å². The van der Waals surface area contributed by atoms with Gasteiger partial charge in [0.25, 0.3) is 0 Å². The largest absolute Gasteiger partial charge is 0.428 e. The van der Waals surface area contributed by atoms with E-state index in [1.165, 1.54) is 13.2 Å². The second-order valence-corrected chi connectivity index (χ2v) is 8.56. The summed E-state index contributed by atoms with van der Waals surface area (Å²) in [6.45, 7) is 8.72. The second kappa shape index (κ2) is 6.24. The quantitative estimate of drug-likeness (QED) is 0.727. The summed E-state index contributed by atoms with van der Waals surface area (Å²) in [5.41, 5.74) is 1.74. The van der Waals surface area contributed by atoms with Gasteiger partial charge >= 0.3 is 5.97 Å². The highest BCUT2D eigenvalue weighted by molar-refractivity contribution is 5.95. The lowest BCUT2D eigenvalue weighted by Crippen LogP contribution is -2.52. The molecule has 0 aromatic heterocycles. The topological polar surface area (TPSA) is 52.6 Å². The van der Waals surface area contributed by atoms with Crippen LogP contribution in [0.25, 0.3) is 0 Å². The number of carbonyl (C=O) groups excluding carboxylic acids is 2. The lowest BCUT2D eigenvalue weighted by Gasteiger charge is -2.55. The van der Waals surface area contributed by atoms with E-state index in [4.69, 9.17) is 9.47 Å². The van der Waals surface area contributed by atoms with Crippen LogP contribution < -0.4 is 0 Å². The molecule has 3 aliphatic rings. The number of carbonyl (C=O) groups is 2. The molecule has 2 aliphatic carbocycles. The van der Waals surface area contributed by atoms with Crippen molar-refractivity contribution in [2.24, 2.45) is 22.7 Å². The van der Waals surface area contributed by atoms with Crippen LogP contribution in [0.1, 0.15) is 47.0 Å². The molecule has 1 saturated carbocycles. The minimum atomic E-state index is -0.635. The van der Waals surface area contributed by atoms with Gasteiger partial charge in [0.05, 0.1) is 0 Å². The highest BCUT2D eigenvalue weighted by atomic mass is 16.7. The van der Waals surface area contributed by atoms with Crippen LogP contribution in [0.5, 0.6) is 0 Å². The van der Waals surface area contributed by atoms with Crippen molar-refractivity contribution in [2.45, 2.75) is 53.2 Å². The molecule has 0 radical (unpaired) electrons. The van der Waals surface area contributed by atoms with Gasteiger partial charge in [0, 0.05) is 30.6 Å². The van der Waals surface area contributed by atoms with E-state index in [0.29, 0.717) is 0 Å². The summed E-state index contributed by atoms with van der Waals surface area (Å²) in [5.74, 6) is 0.0906. The fourth-order valence-corrected chi connectivity index (χ4v) is 5.37. The Kier molecular flexibility index (Phi) is 4.52. The van der Waals surface area contributed by atoms with Crippen molar-refractivity contribution in [3.8, 4) is 0 Å². The van der Waals surface area contributed by atoms with Gasteiger partial charge in [0.15, 0.2) is 5.78 Å². The first-order valence-electron chi connectivity index (χ1n) is 9.04. The Balaban J connectivity index is 1.96. The molecule has 25 heavy (non-hydrogen) atoms. The van der Waals surface area contributed by atoms with E-state index in [9.17, 15) is 9.59 Å². The minimum absolute atomic E-state index is 0.00808. The average molecular weight is 344 g/mol. The second-order valence-electron chi connectivity index (χ2n) is 8.56. The van der Waals surface area contributed by atoms with Crippen LogP contribution in [0.15, 0.2) is 35.5 Å². The summed E-state index contributed by atoms with van der Waals surface area (Å²) in [6.07, 6.45) is 9.99. The molecule has 4 nitrogen and oxygen atoms in total. The number of hydrogen-bond acceptors (Lipinski definition) is 4. The van der Waals surface area contributed by atoms with E-state index >= 15 is 0 Å². The first-order valence-corrected chi connectivity index (χ1v) is 9.04. The predicted octanol–water partition coefficient (Wildman–Crippen LogP) is 3.98. The van der Waals surface area contributed by atoms with Crippen molar-refractivity contribution in [2.75, 3.05) is 7.11 Å². The lowest BCUT2D eigenvalue weighted by molar-refractivity contribution is -0.154. The molecular weight excluding hydrogens is 316 g/mol. The molecule has 0 saturated heterocycles. The lowest BCUT2D eigenvalue weighted by atomic mass is 9.48. The molecule has 0 bridgehead atoms. The van der Waals surface area contributed by atoms with Crippen LogP contribution in [0.2, 0.25) is 0 Å². The van der Waals surface area contributed by atoms with Crippen molar-refractivity contribution in [3.63, 3.8) is 0 Å². The maximum Gasteiger partial charge on any atom is 0.333 e. The molecule has 136 valence electrons. The molecule has 0 N–H and O–H groups in total. The number of allylic oxidation sites excluding steroid dienone is 3. The SMILES string of the molecule is COC1OC(=O)C=C1C=CC1C(C)=CC(=O)C2C(C)(C)CCCC12C. The first-order chi connectivity index (χ1) is 11.7. The van der Waals surface area contributed by atoms with Crippen molar-refractivity contribution < 1.29 is 19.1 Å². The molecule has 1 fully saturated rings. The first kappa shape index (κ1) is 18.1. The fraction of sp³-hybridized carbons (Fsp3) is 0.619. The molecule has 4 atom stereocenters. The van der Waals surface area contributed by atoms with E-state index < -0.39 is 6.29 Å². The fourth-order valence-electron chi connectivity index (χ4n) is 5.37. The third-order valence-corrected chi connectivity index (χ3v) is 6.31. The summed E-state index contributed by atoms with van der Waals surface area (Å²) in [4.78, 5) is 24.3. The average Bonchev–Trinajstić information content (AvgIpc) is 2.85. The van der Waals surface area contributed by atoms with Gasteiger partial charge in [-0.25, -0.2) is 4.79 Å². The molecule has 1 heterocycles.